The first-order valence-corrected chi connectivity index (χ1v) is 5.52. The summed E-state index contributed by atoms with van der Waals surface area (Å²) in [4.78, 5) is 0. The molecule has 0 spiro atoms. The van der Waals surface area contributed by atoms with Gasteiger partial charge in [-0.2, -0.15) is 5.10 Å². The molecule has 0 unspecified atom stereocenters. The van der Waals surface area contributed by atoms with Crippen LogP contribution in [0, 0.1) is 6.92 Å². The molecule has 2 rings (SSSR count). The van der Waals surface area contributed by atoms with Gasteiger partial charge in [0, 0.05) is 18.2 Å². The second-order valence-corrected chi connectivity index (χ2v) is 4.06. The van der Waals surface area contributed by atoms with E-state index in [4.69, 9.17) is 5.73 Å². The Kier molecular flexibility index (Phi) is 2.69. The molecular weight excluding hydrogens is 198 g/mol. The Morgan fingerprint density at radius 1 is 1.38 bits per heavy atom. The zero-order chi connectivity index (χ0) is 11.7. The monoisotopic (exact) mass is 215 g/mol. The maximum atomic E-state index is 5.90. The van der Waals surface area contributed by atoms with Crippen molar-refractivity contribution in [2.75, 3.05) is 5.73 Å². The highest BCUT2D eigenvalue weighted by Crippen LogP contribution is 2.28. The summed E-state index contributed by atoms with van der Waals surface area (Å²) in [5.74, 6) is 0.640. The fourth-order valence-corrected chi connectivity index (χ4v) is 2.09. The Labute approximate surface area is 95.9 Å². The van der Waals surface area contributed by atoms with Gasteiger partial charge in [-0.15, -0.1) is 0 Å². The topological polar surface area (TPSA) is 43.8 Å². The van der Waals surface area contributed by atoms with Crippen LogP contribution in [-0.4, -0.2) is 9.78 Å². The lowest BCUT2D eigenvalue weighted by molar-refractivity contribution is 0.779. The number of nitrogens with zero attached hydrogens (tertiary/aromatic N) is 2. The van der Waals surface area contributed by atoms with Crippen molar-refractivity contribution in [3.8, 4) is 11.3 Å². The fraction of sp³-hybridized carbons (Fsp3) is 0.308. The summed E-state index contributed by atoms with van der Waals surface area (Å²) in [6, 6.07) is 8.42. The number of aromatic nitrogens is 2. The molecule has 0 bridgehead atoms. The zero-order valence-electron chi connectivity index (χ0n) is 9.99. The zero-order valence-corrected chi connectivity index (χ0v) is 9.99. The smallest absolute Gasteiger partial charge is 0.149 e. The van der Waals surface area contributed by atoms with Crippen LogP contribution in [0.3, 0.4) is 0 Å². The van der Waals surface area contributed by atoms with Crippen LogP contribution in [0.25, 0.3) is 11.3 Å². The van der Waals surface area contributed by atoms with Crippen molar-refractivity contribution in [2.24, 2.45) is 7.05 Å². The summed E-state index contributed by atoms with van der Waals surface area (Å²) >= 11 is 0. The first kappa shape index (κ1) is 10.7. The summed E-state index contributed by atoms with van der Waals surface area (Å²) in [5.41, 5.74) is 10.6. The molecule has 0 atom stereocenters. The Balaban J connectivity index is 2.63. The van der Waals surface area contributed by atoms with Crippen LogP contribution in [0.5, 0.6) is 0 Å². The molecule has 1 aromatic heterocycles. The minimum atomic E-state index is 0.640. The van der Waals surface area contributed by atoms with E-state index in [1.54, 1.807) is 0 Å². The van der Waals surface area contributed by atoms with E-state index >= 15 is 0 Å². The predicted molar refractivity (Wildman–Crippen MR) is 67.2 cm³/mol. The lowest BCUT2D eigenvalue weighted by atomic mass is 10.0. The molecule has 0 aliphatic heterocycles. The van der Waals surface area contributed by atoms with E-state index in [9.17, 15) is 0 Å². The molecule has 3 heteroatoms. The van der Waals surface area contributed by atoms with Gasteiger partial charge in [-0.25, -0.2) is 0 Å². The van der Waals surface area contributed by atoms with Gasteiger partial charge in [0.2, 0.25) is 0 Å². The highest BCUT2D eigenvalue weighted by atomic mass is 15.3. The molecule has 84 valence electrons. The number of rotatable bonds is 2. The van der Waals surface area contributed by atoms with Crippen LogP contribution in [0.4, 0.5) is 5.82 Å². The van der Waals surface area contributed by atoms with E-state index in [2.05, 4.69) is 43.2 Å². The molecule has 0 saturated carbocycles. The summed E-state index contributed by atoms with van der Waals surface area (Å²) in [6.07, 6.45) is 0.906. The maximum absolute atomic E-state index is 5.90. The van der Waals surface area contributed by atoms with Gasteiger partial charge in [-0.1, -0.05) is 30.7 Å². The average Bonchev–Trinajstić information content (AvgIpc) is 2.52. The second-order valence-electron chi connectivity index (χ2n) is 4.06. The third kappa shape index (κ3) is 1.69. The lowest BCUT2D eigenvalue weighted by Gasteiger charge is -2.06. The van der Waals surface area contributed by atoms with E-state index in [0.717, 1.165) is 17.7 Å². The summed E-state index contributed by atoms with van der Waals surface area (Å²) in [7, 11) is 1.94. The molecule has 0 radical (unpaired) electrons. The number of hydrogen-bond donors (Lipinski definition) is 1. The van der Waals surface area contributed by atoms with Crippen LogP contribution in [0.2, 0.25) is 0 Å². The summed E-state index contributed by atoms with van der Waals surface area (Å²) in [6.45, 7) is 4.20. The van der Waals surface area contributed by atoms with Gasteiger partial charge in [0.05, 0.1) is 5.69 Å². The average molecular weight is 215 g/mol. The van der Waals surface area contributed by atoms with Crippen molar-refractivity contribution < 1.29 is 0 Å². The predicted octanol–water partition coefficient (Wildman–Crippen LogP) is 2.54. The third-order valence-corrected chi connectivity index (χ3v) is 2.82. The lowest BCUT2D eigenvalue weighted by Crippen LogP contribution is -1.95. The number of benzene rings is 1. The molecule has 0 aliphatic rings. The van der Waals surface area contributed by atoms with Gasteiger partial charge in [-0.05, 0) is 19.4 Å². The highest BCUT2D eigenvalue weighted by molar-refractivity contribution is 5.69. The second kappa shape index (κ2) is 4.00. The van der Waals surface area contributed by atoms with E-state index < -0.39 is 0 Å². The standard InChI is InChI=1S/C13H17N3/c1-4-11-12(16(3)15-13(11)14)10-7-5-6-9(2)8-10/h5-8H,4H2,1-3H3,(H2,14,15). The first-order chi connectivity index (χ1) is 7.63. The number of hydrogen-bond acceptors (Lipinski definition) is 2. The van der Waals surface area contributed by atoms with E-state index in [0.29, 0.717) is 5.82 Å². The molecule has 0 fully saturated rings. The van der Waals surface area contributed by atoms with Crippen molar-refractivity contribution in [1.82, 2.24) is 9.78 Å². The molecule has 0 saturated heterocycles. The van der Waals surface area contributed by atoms with Crippen LogP contribution >= 0.6 is 0 Å². The molecule has 3 nitrogen and oxygen atoms in total. The molecule has 2 N–H and O–H groups in total. The van der Waals surface area contributed by atoms with Crippen LogP contribution < -0.4 is 5.73 Å². The molecule has 1 heterocycles. The van der Waals surface area contributed by atoms with Crippen molar-refractivity contribution in [1.29, 1.82) is 0 Å². The number of nitrogen functional groups attached to an aromatic ring is 1. The Bertz CT molecular complexity index is 512. The van der Waals surface area contributed by atoms with E-state index in [1.807, 2.05) is 11.7 Å². The number of aryl methyl sites for hydroxylation is 2. The van der Waals surface area contributed by atoms with Crippen molar-refractivity contribution in [3.05, 3.63) is 35.4 Å². The molecule has 2 aromatic rings. The fourth-order valence-electron chi connectivity index (χ4n) is 2.09. The number of nitrogens with two attached hydrogens (primary N) is 1. The maximum Gasteiger partial charge on any atom is 0.149 e. The van der Waals surface area contributed by atoms with E-state index in [-0.39, 0.29) is 0 Å². The molecule has 0 amide bonds. The van der Waals surface area contributed by atoms with Crippen LogP contribution in [0.1, 0.15) is 18.1 Å². The van der Waals surface area contributed by atoms with Crippen LogP contribution in [0.15, 0.2) is 24.3 Å². The molecule has 16 heavy (non-hydrogen) atoms. The van der Waals surface area contributed by atoms with Gasteiger partial charge in [0.15, 0.2) is 0 Å². The largest absolute Gasteiger partial charge is 0.382 e. The van der Waals surface area contributed by atoms with Gasteiger partial charge in [0.1, 0.15) is 5.82 Å². The van der Waals surface area contributed by atoms with Gasteiger partial charge >= 0.3 is 0 Å². The first-order valence-electron chi connectivity index (χ1n) is 5.52. The SMILES string of the molecule is CCc1c(N)nn(C)c1-c1cccc(C)c1. The van der Waals surface area contributed by atoms with Crippen molar-refractivity contribution in [2.45, 2.75) is 20.3 Å². The summed E-state index contributed by atoms with van der Waals surface area (Å²) < 4.78 is 1.86. The molecule has 1 aromatic carbocycles. The van der Waals surface area contributed by atoms with Crippen molar-refractivity contribution in [3.63, 3.8) is 0 Å². The Morgan fingerprint density at radius 3 is 2.75 bits per heavy atom. The summed E-state index contributed by atoms with van der Waals surface area (Å²) in [5, 5.41) is 4.28. The van der Waals surface area contributed by atoms with Gasteiger partial charge < -0.3 is 5.73 Å². The normalized spacial score (nSPS) is 10.7. The quantitative estimate of drug-likeness (QED) is 0.836. The third-order valence-electron chi connectivity index (χ3n) is 2.82. The Morgan fingerprint density at radius 2 is 2.12 bits per heavy atom. The van der Waals surface area contributed by atoms with Gasteiger partial charge in [-0.3, -0.25) is 4.68 Å². The molecular formula is C13H17N3. The van der Waals surface area contributed by atoms with E-state index in [1.165, 1.54) is 11.1 Å². The number of anilines is 1. The highest BCUT2D eigenvalue weighted by Gasteiger charge is 2.13. The minimum absolute atomic E-state index is 0.640. The molecule has 0 aliphatic carbocycles. The van der Waals surface area contributed by atoms with Crippen molar-refractivity contribution >= 4 is 5.82 Å². The van der Waals surface area contributed by atoms with Gasteiger partial charge in [0.25, 0.3) is 0 Å². The Hall–Kier alpha value is -1.77. The van der Waals surface area contributed by atoms with Crippen LogP contribution in [-0.2, 0) is 13.5 Å². The minimum Gasteiger partial charge on any atom is -0.382 e.